The molecule has 2 aromatic rings. The second-order valence-corrected chi connectivity index (χ2v) is 13.7. The number of hydrogen-bond donors (Lipinski definition) is 2. The fourth-order valence-corrected chi connectivity index (χ4v) is 7.71. The maximum Gasteiger partial charge on any atom is 0.231 e. The van der Waals surface area contributed by atoms with Crippen LogP contribution in [0.25, 0.3) is 0 Å². The van der Waals surface area contributed by atoms with Crippen LogP contribution < -0.4 is 20.4 Å². The first-order valence-electron chi connectivity index (χ1n) is 14.0. The monoisotopic (exact) mass is 628 g/mol. The molecule has 4 heterocycles. The van der Waals surface area contributed by atoms with Crippen LogP contribution in [0.2, 0.25) is 0 Å². The summed E-state index contributed by atoms with van der Waals surface area (Å²) < 4.78 is 10.9. The molecule has 0 radical (unpaired) electrons. The molecule has 0 bridgehead atoms. The van der Waals surface area contributed by atoms with E-state index in [1.54, 1.807) is 21.6 Å². The first-order chi connectivity index (χ1) is 19.7. The number of nitrogens with one attached hydrogen (secondary N) is 2. The second-order valence-electron chi connectivity index (χ2n) is 8.97. The Morgan fingerprint density at radius 1 is 0.600 bits per heavy atom. The zero-order chi connectivity index (χ0) is 27.8. The summed E-state index contributed by atoms with van der Waals surface area (Å²) in [6.45, 7) is 11.7. The van der Waals surface area contributed by atoms with Crippen molar-refractivity contribution in [2.24, 2.45) is 0 Å². The number of unbranched alkanes of at least 4 members (excludes halogenated alkanes) is 3. The summed E-state index contributed by atoms with van der Waals surface area (Å²) in [5, 5.41) is 7.99. The molecule has 2 aliphatic heterocycles. The minimum atomic E-state index is 0.643. The van der Waals surface area contributed by atoms with Crippen molar-refractivity contribution in [1.82, 2.24) is 29.9 Å². The zero-order valence-corrected chi connectivity index (χ0v) is 26.6. The van der Waals surface area contributed by atoms with Crippen LogP contribution in [0, 0.1) is 0 Å². The summed E-state index contributed by atoms with van der Waals surface area (Å²) in [6.07, 6.45) is 4.79. The Hall–Kier alpha value is -1.46. The molecule has 0 aliphatic carbocycles. The van der Waals surface area contributed by atoms with Crippen molar-refractivity contribution in [1.29, 1.82) is 0 Å². The van der Waals surface area contributed by atoms with Crippen LogP contribution in [0.5, 0.6) is 0 Å². The van der Waals surface area contributed by atoms with Crippen molar-refractivity contribution < 1.29 is 9.47 Å². The first-order valence-corrected chi connectivity index (χ1v) is 18.6. The van der Waals surface area contributed by atoms with Gasteiger partial charge in [-0.15, -0.1) is 0 Å². The predicted molar refractivity (Wildman–Crippen MR) is 169 cm³/mol. The zero-order valence-electron chi connectivity index (χ0n) is 23.3. The van der Waals surface area contributed by atoms with Crippen LogP contribution in [-0.2, 0) is 9.47 Å². The van der Waals surface area contributed by atoms with Gasteiger partial charge in [-0.2, -0.15) is 29.9 Å². The largest absolute Gasteiger partial charge is 0.378 e. The van der Waals surface area contributed by atoms with Gasteiger partial charge in [0.25, 0.3) is 0 Å². The van der Waals surface area contributed by atoms with E-state index in [0.29, 0.717) is 38.3 Å². The molecule has 2 aliphatic rings. The minimum Gasteiger partial charge on any atom is -0.378 e. The third-order valence-corrected chi connectivity index (χ3v) is 10.3. The van der Waals surface area contributed by atoms with E-state index < -0.39 is 0 Å². The normalized spacial score (nSPS) is 15.8. The van der Waals surface area contributed by atoms with Crippen molar-refractivity contribution in [3.8, 4) is 0 Å². The van der Waals surface area contributed by atoms with Crippen molar-refractivity contribution in [3.05, 3.63) is 0 Å². The van der Waals surface area contributed by atoms with Crippen molar-refractivity contribution >= 4 is 67.0 Å². The molecular formula is C24H40N10O2S4. The average Bonchev–Trinajstić information content (AvgIpc) is 2.99. The number of ether oxygens (including phenoxy) is 2. The number of aromatic nitrogens is 6. The Morgan fingerprint density at radius 2 is 1.02 bits per heavy atom. The van der Waals surface area contributed by atoms with Gasteiger partial charge in [0, 0.05) is 50.8 Å². The van der Waals surface area contributed by atoms with E-state index in [1.807, 2.05) is 35.4 Å². The summed E-state index contributed by atoms with van der Waals surface area (Å²) in [5.41, 5.74) is 0. The SMILES string of the molecule is CCNc1nc(SSCCCCCCSSc2nc(NCC)nc(N3CCOCC3)n2)nc(N2CCOCC2)n1. The maximum atomic E-state index is 5.46. The Bertz CT molecular complexity index is 936. The highest BCUT2D eigenvalue weighted by Crippen LogP contribution is 2.32. The van der Waals surface area contributed by atoms with Gasteiger partial charge < -0.3 is 29.9 Å². The summed E-state index contributed by atoms with van der Waals surface area (Å²) in [5.74, 6) is 4.91. The molecular weight excluding hydrogens is 589 g/mol. The highest BCUT2D eigenvalue weighted by atomic mass is 33.1. The number of nitrogens with zero attached hydrogens (tertiary/aromatic N) is 8. The van der Waals surface area contributed by atoms with Crippen LogP contribution in [-0.4, -0.2) is 107 Å². The predicted octanol–water partition coefficient (Wildman–Crippen LogP) is 4.33. The highest BCUT2D eigenvalue weighted by molar-refractivity contribution is 8.77. The van der Waals surface area contributed by atoms with E-state index in [2.05, 4.69) is 40.4 Å². The van der Waals surface area contributed by atoms with E-state index in [9.17, 15) is 0 Å². The molecule has 40 heavy (non-hydrogen) atoms. The third kappa shape index (κ3) is 10.7. The van der Waals surface area contributed by atoms with Crippen LogP contribution in [0.4, 0.5) is 23.8 Å². The first kappa shape index (κ1) is 31.5. The van der Waals surface area contributed by atoms with Gasteiger partial charge in [-0.05, 0) is 48.3 Å². The minimum absolute atomic E-state index is 0.643. The standard InChI is InChI=1S/C24H40N10O2S4/c1-3-25-19-27-21(33-9-13-35-14-10-33)31-23(29-19)39-37-17-7-5-6-8-18-38-40-24-30-20(26-4-2)28-22(32-24)34-11-15-36-16-12-34/h3-18H2,1-2H3,(H,25,27,29,31)(H,26,28,30,32). The Kier molecular flexibility index (Phi) is 14.3. The van der Waals surface area contributed by atoms with Gasteiger partial charge in [-0.3, -0.25) is 0 Å². The molecule has 2 saturated heterocycles. The molecule has 222 valence electrons. The highest BCUT2D eigenvalue weighted by Gasteiger charge is 2.18. The van der Waals surface area contributed by atoms with E-state index >= 15 is 0 Å². The third-order valence-electron chi connectivity index (χ3n) is 5.94. The summed E-state index contributed by atoms with van der Waals surface area (Å²) in [4.78, 5) is 32.1. The second kappa shape index (κ2) is 18.2. The molecule has 4 rings (SSSR count). The van der Waals surface area contributed by atoms with Crippen LogP contribution >= 0.6 is 43.2 Å². The van der Waals surface area contributed by atoms with Gasteiger partial charge in [-0.1, -0.05) is 34.4 Å². The molecule has 0 unspecified atom stereocenters. The molecule has 0 aromatic carbocycles. The summed E-state index contributed by atoms with van der Waals surface area (Å²) >= 11 is 0. The van der Waals surface area contributed by atoms with Crippen LogP contribution in [0.3, 0.4) is 0 Å². The van der Waals surface area contributed by atoms with Crippen molar-refractivity contribution in [3.63, 3.8) is 0 Å². The lowest BCUT2D eigenvalue weighted by molar-refractivity contribution is 0.122. The van der Waals surface area contributed by atoms with Gasteiger partial charge in [0.2, 0.25) is 34.1 Å². The van der Waals surface area contributed by atoms with Crippen LogP contribution in [0.15, 0.2) is 10.3 Å². The maximum absolute atomic E-state index is 5.46. The quantitative estimate of drug-likeness (QED) is 0.190. The smallest absolute Gasteiger partial charge is 0.231 e. The Balaban J connectivity index is 1.11. The van der Waals surface area contributed by atoms with Gasteiger partial charge in [0.1, 0.15) is 0 Å². The summed E-state index contributed by atoms with van der Waals surface area (Å²) in [7, 11) is 6.91. The molecule has 0 atom stereocenters. The number of morpholine rings is 2. The lowest BCUT2D eigenvalue weighted by Gasteiger charge is -2.27. The molecule has 0 amide bonds. The van der Waals surface area contributed by atoms with E-state index in [-0.39, 0.29) is 0 Å². The van der Waals surface area contributed by atoms with E-state index in [1.165, 1.54) is 25.7 Å². The molecule has 0 spiro atoms. The number of hydrogen-bond acceptors (Lipinski definition) is 16. The topological polar surface area (TPSA) is 126 Å². The van der Waals surface area contributed by atoms with Crippen molar-refractivity contribution in [2.45, 2.75) is 49.8 Å². The van der Waals surface area contributed by atoms with Crippen molar-refractivity contribution in [2.75, 3.05) is 97.6 Å². The molecule has 12 nitrogen and oxygen atoms in total. The summed E-state index contributed by atoms with van der Waals surface area (Å²) in [6, 6.07) is 0. The molecule has 16 heteroatoms. The number of anilines is 4. The molecule has 2 aromatic heterocycles. The Morgan fingerprint density at radius 3 is 1.43 bits per heavy atom. The average molecular weight is 629 g/mol. The fraction of sp³-hybridized carbons (Fsp3) is 0.750. The van der Waals surface area contributed by atoms with E-state index in [4.69, 9.17) is 19.4 Å². The molecule has 0 saturated carbocycles. The number of rotatable bonds is 17. The lowest BCUT2D eigenvalue weighted by Crippen LogP contribution is -2.37. The van der Waals surface area contributed by atoms with Gasteiger partial charge in [-0.25, -0.2) is 0 Å². The van der Waals surface area contributed by atoms with Crippen LogP contribution in [0.1, 0.15) is 39.5 Å². The molecule has 2 fully saturated rings. The van der Waals surface area contributed by atoms with Gasteiger partial charge in [0.05, 0.1) is 26.4 Å². The van der Waals surface area contributed by atoms with E-state index in [0.717, 1.165) is 73.0 Å². The molecule has 2 N–H and O–H groups in total. The fourth-order valence-electron chi connectivity index (χ4n) is 3.91. The Labute approximate surface area is 253 Å². The lowest BCUT2D eigenvalue weighted by atomic mass is 10.2. The van der Waals surface area contributed by atoms with Gasteiger partial charge >= 0.3 is 0 Å². The van der Waals surface area contributed by atoms with Gasteiger partial charge in [0.15, 0.2) is 0 Å².